The molecule has 4 nitrogen and oxygen atoms in total. The minimum absolute atomic E-state index is 0.682. The molecule has 1 aliphatic rings. The fourth-order valence-electron chi connectivity index (χ4n) is 2.31. The van der Waals surface area contributed by atoms with Crippen LogP contribution in [-0.4, -0.2) is 50.8 Å². The summed E-state index contributed by atoms with van der Waals surface area (Å²) in [6.45, 7) is 7.25. The molecule has 0 spiro atoms. The lowest BCUT2D eigenvalue weighted by Gasteiger charge is -2.38. The van der Waals surface area contributed by atoms with Gasteiger partial charge in [0, 0.05) is 25.7 Å². The van der Waals surface area contributed by atoms with E-state index in [9.17, 15) is 0 Å². The Hall–Kier alpha value is -1.26. The van der Waals surface area contributed by atoms with Gasteiger partial charge in [0.05, 0.1) is 7.11 Å². The lowest BCUT2D eigenvalue weighted by atomic mass is 10.1. The molecule has 0 amide bonds. The van der Waals surface area contributed by atoms with Crippen molar-refractivity contribution in [1.82, 2.24) is 10.2 Å². The van der Waals surface area contributed by atoms with Gasteiger partial charge in [-0.05, 0) is 25.1 Å². The van der Waals surface area contributed by atoms with E-state index in [0.717, 1.165) is 37.7 Å². The van der Waals surface area contributed by atoms with Gasteiger partial charge in [0.1, 0.15) is 6.61 Å². The van der Waals surface area contributed by atoms with Gasteiger partial charge in [-0.25, -0.2) is 0 Å². The van der Waals surface area contributed by atoms with Crippen molar-refractivity contribution in [3.05, 3.63) is 24.3 Å². The molecule has 0 atom stereocenters. The van der Waals surface area contributed by atoms with E-state index >= 15 is 0 Å². The maximum atomic E-state index is 5.84. The lowest BCUT2D eigenvalue weighted by molar-refractivity contribution is 0.121. The van der Waals surface area contributed by atoms with Crippen LogP contribution in [-0.2, 0) is 0 Å². The van der Waals surface area contributed by atoms with E-state index in [1.165, 1.54) is 6.42 Å². The maximum Gasteiger partial charge on any atom is 0.161 e. The summed E-state index contributed by atoms with van der Waals surface area (Å²) in [5.41, 5.74) is 0. The third kappa shape index (κ3) is 3.85. The zero-order valence-electron chi connectivity index (χ0n) is 11.9. The van der Waals surface area contributed by atoms with Gasteiger partial charge in [-0.1, -0.05) is 19.1 Å². The Morgan fingerprint density at radius 2 is 1.95 bits per heavy atom. The van der Waals surface area contributed by atoms with E-state index < -0.39 is 0 Å². The Morgan fingerprint density at radius 3 is 2.53 bits per heavy atom. The SMILES string of the molecule is CCCN(CCOc1ccccc1OC)C1CNC1. The molecule has 19 heavy (non-hydrogen) atoms. The highest BCUT2D eigenvalue weighted by Crippen LogP contribution is 2.25. The van der Waals surface area contributed by atoms with Gasteiger partial charge in [-0.15, -0.1) is 0 Å². The first kappa shape index (κ1) is 14.2. The number of benzene rings is 1. The minimum atomic E-state index is 0.682. The third-order valence-electron chi connectivity index (χ3n) is 3.49. The normalized spacial score (nSPS) is 15.3. The van der Waals surface area contributed by atoms with Crippen LogP contribution in [0.1, 0.15) is 13.3 Å². The molecule has 0 saturated carbocycles. The molecular weight excluding hydrogens is 240 g/mol. The highest BCUT2D eigenvalue weighted by molar-refractivity contribution is 5.39. The number of para-hydroxylation sites is 2. The molecule has 0 unspecified atom stereocenters. The predicted octanol–water partition coefficient (Wildman–Crippen LogP) is 1.76. The highest BCUT2D eigenvalue weighted by atomic mass is 16.5. The third-order valence-corrected chi connectivity index (χ3v) is 3.49. The van der Waals surface area contributed by atoms with Crippen LogP contribution in [0, 0.1) is 0 Å². The van der Waals surface area contributed by atoms with E-state index in [-0.39, 0.29) is 0 Å². The molecule has 1 saturated heterocycles. The molecule has 1 fully saturated rings. The fourth-order valence-corrected chi connectivity index (χ4v) is 2.31. The molecule has 1 heterocycles. The summed E-state index contributed by atoms with van der Waals surface area (Å²) in [6.07, 6.45) is 1.19. The van der Waals surface area contributed by atoms with Gasteiger partial charge in [-0.2, -0.15) is 0 Å². The van der Waals surface area contributed by atoms with Crippen molar-refractivity contribution in [2.24, 2.45) is 0 Å². The minimum Gasteiger partial charge on any atom is -0.493 e. The van der Waals surface area contributed by atoms with E-state index in [2.05, 4.69) is 17.1 Å². The number of nitrogens with zero attached hydrogens (tertiary/aromatic N) is 1. The molecule has 2 rings (SSSR count). The van der Waals surface area contributed by atoms with Crippen molar-refractivity contribution in [2.45, 2.75) is 19.4 Å². The van der Waals surface area contributed by atoms with Crippen LogP contribution in [0.2, 0.25) is 0 Å². The Labute approximate surface area is 115 Å². The summed E-state index contributed by atoms with van der Waals surface area (Å²) in [5, 5.41) is 3.32. The average molecular weight is 264 g/mol. The van der Waals surface area contributed by atoms with Crippen LogP contribution >= 0.6 is 0 Å². The highest BCUT2D eigenvalue weighted by Gasteiger charge is 2.23. The molecule has 0 radical (unpaired) electrons. The quantitative estimate of drug-likeness (QED) is 0.776. The summed E-state index contributed by atoms with van der Waals surface area (Å²) in [5.74, 6) is 1.63. The van der Waals surface area contributed by atoms with E-state index in [1.807, 2.05) is 24.3 Å². The first-order valence-corrected chi connectivity index (χ1v) is 7.05. The second-order valence-corrected chi connectivity index (χ2v) is 4.85. The molecule has 106 valence electrons. The molecule has 1 aliphatic heterocycles. The van der Waals surface area contributed by atoms with Crippen LogP contribution in [0.25, 0.3) is 0 Å². The molecule has 1 aromatic carbocycles. The zero-order chi connectivity index (χ0) is 13.5. The Bertz CT molecular complexity index is 380. The van der Waals surface area contributed by atoms with Crippen molar-refractivity contribution < 1.29 is 9.47 Å². The summed E-state index contributed by atoms with van der Waals surface area (Å²) in [6, 6.07) is 8.48. The number of rotatable bonds is 8. The average Bonchev–Trinajstić information content (AvgIpc) is 2.37. The standard InChI is InChI=1S/C15H24N2O2/c1-3-8-17(13-11-16-12-13)9-10-19-15-7-5-4-6-14(15)18-2/h4-7,13,16H,3,8-12H2,1-2H3. The van der Waals surface area contributed by atoms with Crippen LogP contribution in [0.15, 0.2) is 24.3 Å². The Kier molecular flexibility index (Phi) is 5.48. The van der Waals surface area contributed by atoms with Gasteiger partial charge in [0.15, 0.2) is 11.5 Å². The molecule has 0 aliphatic carbocycles. The molecule has 0 bridgehead atoms. The summed E-state index contributed by atoms with van der Waals surface area (Å²) in [4.78, 5) is 2.51. The maximum absolute atomic E-state index is 5.84. The Morgan fingerprint density at radius 1 is 1.21 bits per heavy atom. The topological polar surface area (TPSA) is 33.7 Å². The van der Waals surface area contributed by atoms with Crippen molar-refractivity contribution in [2.75, 3.05) is 39.9 Å². The van der Waals surface area contributed by atoms with Crippen LogP contribution < -0.4 is 14.8 Å². The van der Waals surface area contributed by atoms with Gasteiger partial charge >= 0.3 is 0 Å². The molecule has 0 aromatic heterocycles. The van der Waals surface area contributed by atoms with Crippen LogP contribution in [0.4, 0.5) is 0 Å². The van der Waals surface area contributed by atoms with Gasteiger partial charge in [-0.3, -0.25) is 4.90 Å². The van der Waals surface area contributed by atoms with E-state index in [4.69, 9.17) is 9.47 Å². The first-order chi connectivity index (χ1) is 9.35. The lowest BCUT2D eigenvalue weighted by Crippen LogP contribution is -2.58. The van der Waals surface area contributed by atoms with Gasteiger partial charge < -0.3 is 14.8 Å². The van der Waals surface area contributed by atoms with Crippen molar-refractivity contribution >= 4 is 0 Å². The molecule has 4 heteroatoms. The number of nitrogens with one attached hydrogen (secondary N) is 1. The van der Waals surface area contributed by atoms with Crippen molar-refractivity contribution in [3.8, 4) is 11.5 Å². The zero-order valence-corrected chi connectivity index (χ0v) is 11.9. The van der Waals surface area contributed by atoms with Gasteiger partial charge in [0.25, 0.3) is 0 Å². The summed E-state index contributed by atoms with van der Waals surface area (Å²) >= 11 is 0. The van der Waals surface area contributed by atoms with Crippen LogP contribution in [0.5, 0.6) is 11.5 Å². The van der Waals surface area contributed by atoms with Crippen molar-refractivity contribution in [1.29, 1.82) is 0 Å². The summed E-state index contributed by atoms with van der Waals surface area (Å²) in [7, 11) is 1.67. The number of hydrogen-bond acceptors (Lipinski definition) is 4. The second-order valence-electron chi connectivity index (χ2n) is 4.85. The van der Waals surface area contributed by atoms with E-state index in [1.54, 1.807) is 7.11 Å². The molecular formula is C15H24N2O2. The second kappa shape index (κ2) is 7.36. The fraction of sp³-hybridized carbons (Fsp3) is 0.600. The van der Waals surface area contributed by atoms with Crippen LogP contribution in [0.3, 0.4) is 0 Å². The first-order valence-electron chi connectivity index (χ1n) is 7.05. The summed E-state index contributed by atoms with van der Waals surface area (Å²) < 4.78 is 11.1. The largest absolute Gasteiger partial charge is 0.493 e. The Balaban J connectivity index is 1.80. The predicted molar refractivity (Wildman–Crippen MR) is 77.0 cm³/mol. The molecule has 1 N–H and O–H groups in total. The number of hydrogen-bond donors (Lipinski definition) is 1. The number of ether oxygens (including phenoxy) is 2. The molecule has 1 aromatic rings. The smallest absolute Gasteiger partial charge is 0.161 e. The van der Waals surface area contributed by atoms with Gasteiger partial charge in [0.2, 0.25) is 0 Å². The van der Waals surface area contributed by atoms with Crippen molar-refractivity contribution in [3.63, 3.8) is 0 Å². The monoisotopic (exact) mass is 264 g/mol. The number of methoxy groups -OCH3 is 1. The van der Waals surface area contributed by atoms with E-state index in [0.29, 0.717) is 12.6 Å².